The third-order valence-electron chi connectivity index (χ3n) is 5.13. The molecule has 1 fully saturated rings. The number of esters is 1. The Hall–Kier alpha value is -2.35. The lowest BCUT2D eigenvalue weighted by Crippen LogP contribution is -2.60. The second-order valence-corrected chi connectivity index (χ2v) is 10.5. The summed E-state index contributed by atoms with van der Waals surface area (Å²) in [5, 5.41) is 13.8. The Bertz CT molecular complexity index is 734. The van der Waals surface area contributed by atoms with E-state index in [2.05, 4.69) is 11.9 Å². The van der Waals surface area contributed by atoms with E-state index in [1.165, 1.54) is 11.8 Å². The molecule has 0 aromatic carbocycles. The first-order valence-electron chi connectivity index (χ1n) is 11.5. The summed E-state index contributed by atoms with van der Waals surface area (Å²) in [6.07, 6.45) is 4.90. The highest BCUT2D eigenvalue weighted by Gasteiger charge is 2.53. The largest absolute Gasteiger partial charge is 0.458 e. The van der Waals surface area contributed by atoms with Crippen LogP contribution in [-0.4, -0.2) is 63.4 Å². The van der Waals surface area contributed by atoms with Crippen LogP contribution in [0, 0.1) is 5.92 Å². The van der Waals surface area contributed by atoms with Crippen LogP contribution in [-0.2, 0) is 19.1 Å². The van der Waals surface area contributed by atoms with E-state index in [9.17, 15) is 19.5 Å². The van der Waals surface area contributed by atoms with Crippen LogP contribution < -0.4 is 5.32 Å². The lowest BCUT2D eigenvalue weighted by molar-refractivity contribution is -0.160. The van der Waals surface area contributed by atoms with Crippen LogP contribution in [0.25, 0.3) is 0 Å². The lowest BCUT2D eigenvalue weighted by atomic mass is 9.88. The predicted octanol–water partition coefficient (Wildman–Crippen LogP) is 3.73. The molecule has 1 aliphatic rings. The van der Waals surface area contributed by atoms with Gasteiger partial charge < -0.3 is 19.9 Å². The minimum atomic E-state index is -0.966. The van der Waals surface area contributed by atoms with Crippen molar-refractivity contribution in [3.05, 3.63) is 24.8 Å². The van der Waals surface area contributed by atoms with Crippen LogP contribution >= 0.6 is 0 Å². The molecule has 1 saturated heterocycles. The first-order chi connectivity index (χ1) is 15.1. The Morgan fingerprint density at radius 1 is 1.15 bits per heavy atom. The highest BCUT2D eigenvalue weighted by atomic mass is 16.6. The maximum Gasteiger partial charge on any atom is 0.411 e. The number of ether oxygens (including phenoxy) is 2. The summed E-state index contributed by atoms with van der Waals surface area (Å²) >= 11 is 0. The number of carbonyl (C=O) groups excluding carboxylic acids is 3. The lowest BCUT2D eigenvalue weighted by Gasteiger charge is -2.39. The normalized spacial score (nSPS) is 23.2. The van der Waals surface area contributed by atoms with Crippen LogP contribution in [0.2, 0.25) is 0 Å². The zero-order valence-electron chi connectivity index (χ0n) is 21.4. The van der Waals surface area contributed by atoms with Gasteiger partial charge in [0.1, 0.15) is 17.2 Å². The van der Waals surface area contributed by atoms with Gasteiger partial charge in [-0.25, -0.2) is 9.59 Å². The number of hydrogen-bond donors (Lipinski definition) is 2. The number of hydrogen-bond acceptors (Lipinski definition) is 6. The molecule has 1 heterocycles. The molecule has 0 bridgehead atoms. The molecule has 188 valence electrons. The van der Waals surface area contributed by atoms with E-state index in [1.807, 2.05) is 19.1 Å². The zero-order valence-corrected chi connectivity index (χ0v) is 21.4. The van der Waals surface area contributed by atoms with Crippen molar-refractivity contribution in [2.75, 3.05) is 0 Å². The molecule has 8 nitrogen and oxygen atoms in total. The Kier molecular flexibility index (Phi) is 10.2. The zero-order chi connectivity index (χ0) is 25.6. The van der Waals surface area contributed by atoms with E-state index >= 15 is 0 Å². The molecule has 2 N–H and O–H groups in total. The molecule has 0 spiro atoms. The summed E-state index contributed by atoms with van der Waals surface area (Å²) in [5.41, 5.74) is -1.55. The summed E-state index contributed by atoms with van der Waals surface area (Å²) in [5.74, 6) is -1.20. The second kappa shape index (κ2) is 11.7. The van der Waals surface area contributed by atoms with Crippen LogP contribution in [0.5, 0.6) is 0 Å². The molecule has 5 atom stereocenters. The summed E-state index contributed by atoms with van der Waals surface area (Å²) in [7, 11) is 0. The van der Waals surface area contributed by atoms with E-state index in [4.69, 9.17) is 9.47 Å². The van der Waals surface area contributed by atoms with Gasteiger partial charge in [0, 0.05) is 12.8 Å². The maximum absolute atomic E-state index is 13.4. The fourth-order valence-corrected chi connectivity index (χ4v) is 4.06. The van der Waals surface area contributed by atoms with Gasteiger partial charge in [0.2, 0.25) is 5.91 Å². The molecule has 0 aliphatic carbocycles. The van der Waals surface area contributed by atoms with Crippen molar-refractivity contribution in [2.24, 2.45) is 5.92 Å². The average molecular weight is 467 g/mol. The van der Waals surface area contributed by atoms with Gasteiger partial charge in [-0.1, -0.05) is 18.2 Å². The first kappa shape index (κ1) is 28.7. The van der Waals surface area contributed by atoms with Crippen molar-refractivity contribution in [1.82, 2.24) is 10.2 Å². The fourth-order valence-electron chi connectivity index (χ4n) is 4.06. The fraction of sp³-hybridized carbons (Fsp3) is 0.720. The minimum absolute atomic E-state index is 0.285. The van der Waals surface area contributed by atoms with Gasteiger partial charge in [-0.15, -0.1) is 6.58 Å². The molecular formula is C25H42N2O6. The minimum Gasteiger partial charge on any atom is -0.458 e. The quantitative estimate of drug-likeness (QED) is 0.417. The monoisotopic (exact) mass is 466 g/mol. The smallest absolute Gasteiger partial charge is 0.411 e. The number of likely N-dealkylation sites (tertiary alicyclic amines) is 1. The van der Waals surface area contributed by atoms with Crippen molar-refractivity contribution >= 4 is 18.0 Å². The van der Waals surface area contributed by atoms with Crippen molar-refractivity contribution < 1.29 is 29.0 Å². The van der Waals surface area contributed by atoms with Gasteiger partial charge in [0.05, 0.1) is 18.2 Å². The number of nitrogens with zero attached hydrogens (tertiary/aromatic N) is 1. The van der Waals surface area contributed by atoms with Gasteiger partial charge in [0.25, 0.3) is 0 Å². The van der Waals surface area contributed by atoms with Gasteiger partial charge >= 0.3 is 12.1 Å². The summed E-state index contributed by atoms with van der Waals surface area (Å²) in [6, 6.07) is -2.45. The number of rotatable bonds is 8. The molecule has 8 heteroatoms. The Balaban J connectivity index is 3.56. The number of allylic oxidation sites excluding steroid dienone is 2. The van der Waals surface area contributed by atoms with Gasteiger partial charge in [-0.3, -0.25) is 9.69 Å². The van der Waals surface area contributed by atoms with E-state index in [-0.39, 0.29) is 18.2 Å². The van der Waals surface area contributed by atoms with E-state index < -0.39 is 47.5 Å². The molecule has 0 saturated carbocycles. The first-order valence-corrected chi connectivity index (χ1v) is 11.5. The standard InChI is InChI=1S/C25H42N2O6/c1-10-12-14-19(29)20(26-16(3)28)21-17(13-11-2)15-18(22(30)32-24(4,5)6)27(21)23(31)33-25(7,8)9/h10-11,13,17-21,29H,1,12,14-15H2,2-9H3,(H,26,28)/t17-,18+,19+,20+,21-/m1/s1. The SMILES string of the molecule is C=CCC[C@H](O)[C@H](NC(C)=O)[C@H]1[C@H](C=CC)C[C@@H](C(=O)OC(C)(C)C)N1C(=O)OC(C)(C)C. The van der Waals surface area contributed by atoms with Gasteiger partial charge in [0.15, 0.2) is 0 Å². The average Bonchev–Trinajstić information content (AvgIpc) is 3.01. The molecule has 1 rings (SSSR count). The Morgan fingerprint density at radius 2 is 1.73 bits per heavy atom. The van der Waals surface area contributed by atoms with Crippen molar-refractivity contribution in [2.45, 2.75) is 110 Å². The maximum atomic E-state index is 13.4. The van der Waals surface area contributed by atoms with E-state index in [0.717, 1.165) is 0 Å². The molecule has 2 amide bonds. The Morgan fingerprint density at radius 3 is 2.18 bits per heavy atom. The van der Waals surface area contributed by atoms with Crippen LogP contribution in [0.1, 0.15) is 74.7 Å². The number of aliphatic hydroxyl groups is 1. The number of carbonyl (C=O) groups is 3. The molecular weight excluding hydrogens is 424 g/mol. The molecule has 33 heavy (non-hydrogen) atoms. The summed E-state index contributed by atoms with van der Waals surface area (Å²) < 4.78 is 11.3. The summed E-state index contributed by atoms with van der Waals surface area (Å²) in [6.45, 7) is 17.4. The molecule has 0 radical (unpaired) electrons. The number of aliphatic hydroxyl groups excluding tert-OH is 1. The van der Waals surface area contributed by atoms with Gasteiger partial charge in [-0.2, -0.15) is 0 Å². The highest BCUT2D eigenvalue weighted by molar-refractivity contribution is 5.83. The third kappa shape index (κ3) is 8.84. The Labute approximate surface area is 198 Å². The molecule has 1 aliphatic heterocycles. The van der Waals surface area contributed by atoms with Crippen LogP contribution in [0.3, 0.4) is 0 Å². The van der Waals surface area contributed by atoms with E-state index in [1.54, 1.807) is 47.6 Å². The highest BCUT2D eigenvalue weighted by Crippen LogP contribution is 2.37. The number of amides is 2. The summed E-state index contributed by atoms with van der Waals surface area (Å²) in [4.78, 5) is 40.0. The third-order valence-corrected chi connectivity index (χ3v) is 5.13. The van der Waals surface area contributed by atoms with Crippen molar-refractivity contribution in [3.8, 4) is 0 Å². The van der Waals surface area contributed by atoms with Crippen LogP contribution in [0.4, 0.5) is 4.79 Å². The number of nitrogens with one attached hydrogen (secondary N) is 1. The van der Waals surface area contributed by atoms with Crippen molar-refractivity contribution in [3.63, 3.8) is 0 Å². The molecule has 0 aromatic rings. The molecule has 0 unspecified atom stereocenters. The topological polar surface area (TPSA) is 105 Å². The predicted molar refractivity (Wildman–Crippen MR) is 127 cm³/mol. The van der Waals surface area contributed by atoms with Crippen LogP contribution in [0.15, 0.2) is 24.8 Å². The second-order valence-electron chi connectivity index (χ2n) is 10.5. The van der Waals surface area contributed by atoms with Gasteiger partial charge in [-0.05, 0) is 67.7 Å². The van der Waals surface area contributed by atoms with E-state index in [0.29, 0.717) is 12.8 Å². The van der Waals surface area contributed by atoms with Crippen molar-refractivity contribution in [1.29, 1.82) is 0 Å². The molecule has 0 aromatic heterocycles.